The van der Waals surface area contributed by atoms with Gasteiger partial charge >= 0.3 is 5.97 Å². The zero-order valence-electron chi connectivity index (χ0n) is 7.50. The van der Waals surface area contributed by atoms with Crippen LogP contribution in [0.5, 0.6) is 0 Å². The third-order valence-electron chi connectivity index (χ3n) is 1.85. The molecule has 1 saturated heterocycles. The monoisotopic (exact) mass is 160 g/mol. The van der Waals surface area contributed by atoms with Gasteiger partial charge in [0.2, 0.25) is 6.29 Å². The first kappa shape index (κ1) is 10.4. The zero-order chi connectivity index (χ0) is 9.02. The van der Waals surface area contributed by atoms with Crippen LogP contribution in [0.15, 0.2) is 0 Å². The van der Waals surface area contributed by atoms with Crippen molar-refractivity contribution in [2.45, 2.75) is 34.0 Å². The van der Waals surface area contributed by atoms with E-state index in [0.29, 0.717) is 0 Å². The SMILES string of the molecule is CC.CC1C(=O)OC(O)C1C. The molecule has 1 aliphatic rings. The fourth-order valence-electron chi connectivity index (χ4n) is 0.795. The topological polar surface area (TPSA) is 46.5 Å². The summed E-state index contributed by atoms with van der Waals surface area (Å²) in [6.07, 6.45) is -0.882. The predicted octanol–water partition coefficient (Wildman–Crippen LogP) is 1.16. The smallest absolute Gasteiger partial charge is 0.311 e. The van der Waals surface area contributed by atoms with E-state index in [2.05, 4.69) is 4.74 Å². The molecular formula is C8H16O3. The first-order valence-corrected chi connectivity index (χ1v) is 4.01. The Bertz CT molecular complexity index is 133. The van der Waals surface area contributed by atoms with E-state index in [-0.39, 0.29) is 17.8 Å². The van der Waals surface area contributed by atoms with Gasteiger partial charge in [-0.05, 0) is 0 Å². The Morgan fingerprint density at radius 1 is 1.36 bits per heavy atom. The van der Waals surface area contributed by atoms with E-state index in [9.17, 15) is 4.79 Å². The molecule has 0 aromatic heterocycles. The van der Waals surface area contributed by atoms with Crippen molar-refractivity contribution in [3.8, 4) is 0 Å². The minimum Gasteiger partial charge on any atom is -0.435 e. The van der Waals surface area contributed by atoms with Gasteiger partial charge in [-0.2, -0.15) is 0 Å². The highest BCUT2D eigenvalue weighted by Crippen LogP contribution is 2.25. The summed E-state index contributed by atoms with van der Waals surface area (Å²) in [5, 5.41) is 8.90. The van der Waals surface area contributed by atoms with Gasteiger partial charge in [0.1, 0.15) is 0 Å². The maximum absolute atomic E-state index is 10.6. The molecule has 0 aromatic rings. The van der Waals surface area contributed by atoms with Crippen molar-refractivity contribution in [3.63, 3.8) is 0 Å². The van der Waals surface area contributed by atoms with Crippen LogP contribution in [0.2, 0.25) is 0 Å². The maximum Gasteiger partial charge on any atom is 0.311 e. The van der Waals surface area contributed by atoms with Crippen LogP contribution in [0.3, 0.4) is 0 Å². The summed E-state index contributed by atoms with van der Waals surface area (Å²) in [4.78, 5) is 10.6. The molecular weight excluding hydrogens is 144 g/mol. The summed E-state index contributed by atoms with van der Waals surface area (Å²) >= 11 is 0. The lowest BCUT2D eigenvalue weighted by molar-refractivity contribution is -0.156. The molecule has 3 heteroatoms. The molecule has 1 fully saturated rings. The summed E-state index contributed by atoms with van der Waals surface area (Å²) in [6, 6.07) is 0. The van der Waals surface area contributed by atoms with Crippen molar-refractivity contribution in [2.24, 2.45) is 11.8 Å². The number of ether oxygens (including phenoxy) is 1. The van der Waals surface area contributed by atoms with Crippen LogP contribution in [0.4, 0.5) is 0 Å². The minimum absolute atomic E-state index is 0.0579. The van der Waals surface area contributed by atoms with Gasteiger partial charge in [-0.25, -0.2) is 0 Å². The molecule has 1 heterocycles. The van der Waals surface area contributed by atoms with Crippen molar-refractivity contribution in [3.05, 3.63) is 0 Å². The van der Waals surface area contributed by atoms with Gasteiger partial charge in [0, 0.05) is 5.92 Å². The fraction of sp³-hybridized carbons (Fsp3) is 0.875. The quantitative estimate of drug-likeness (QED) is 0.541. The number of carbonyl (C=O) groups is 1. The molecule has 1 aliphatic heterocycles. The van der Waals surface area contributed by atoms with Gasteiger partial charge in [-0.3, -0.25) is 4.79 Å². The Morgan fingerprint density at radius 2 is 1.82 bits per heavy atom. The molecule has 11 heavy (non-hydrogen) atoms. The Morgan fingerprint density at radius 3 is 1.91 bits per heavy atom. The standard InChI is InChI=1S/C6H10O3.C2H6/c1-3-4(2)6(8)9-5(3)7;1-2/h3-5,7H,1-2H3;1-2H3. The van der Waals surface area contributed by atoms with Crippen molar-refractivity contribution in [2.75, 3.05) is 0 Å². The van der Waals surface area contributed by atoms with Crippen LogP contribution < -0.4 is 0 Å². The fourth-order valence-corrected chi connectivity index (χ4v) is 0.795. The second kappa shape index (κ2) is 4.34. The third-order valence-corrected chi connectivity index (χ3v) is 1.85. The van der Waals surface area contributed by atoms with Gasteiger partial charge in [0.15, 0.2) is 0 Å². The second-order valence-electron chi connectivity index (χ2n) is 2.48. The molecule has 0 radical (unpaired) electrons. The first-order valence-electron chi connectivity index (χ1n) is 4.01. The van der Waals surface area contributed by atoms with Crippen LogP contribution in [0.25, 0.3) is 0 Å². The summed E-state index contributed by atoms with van der Waals surface area (Å²) in [6.45, 7) is 7.55. The molecule has 1 rings (SSSR count). The van der Waals surface area contributed by atoms with E-state index in [1.807, 2.05) is 13.8 Å². The lowest BCUT2D eigenvalue weighted by Crippen LogP contribution is -2.14. The van der Waals surface area contributed by atoms with Crippen LogP contribution in [0.1, 0.15) is 27.7 Å². The molecule has 0 bridgehead atoms. The highest BCUT2D eigenvalue weighted by Gasteiger charge is 2.37. The number of aliphatic hydroxyl groups is 1. The maximum atomic E-state index is 10.6. The van der Waals surface area contributed by atoms with Gasteiger partial charge < -0.3 is 9.84 Å². The average Bonchev–Trinajstić information content (AvgIpc) is 2.22. The van der Waals surface area contributed by atoms with E-state index in [0.717, 1.165) is 0 Å². The van der Waals surface area contributed by atoms with Gasteiger partial charge in [0.05, 0.1) is 5.92 Å². The predicted molar refractivity (Wildman–Crippen MR) is 41.8 cm³/mol. The number of esters is 1. The van der Waals surface area contributed by atoms with Crippen LogP contribution in [-0.2, 0) is 9.53 Å². The number of aliphatic hydroxyl groups excluding tert-OH is 1. The number of rotatable bonds is 0. The van der Waals surface area contributed by atoms with Crippen molar-refractivity contribution in [1.29, 1.82) is 0 Å². The Kier molecular flexibility index (Phi) is 4.11. The zero-order valence-corrected chi connectivity index (χ0v) is 7.50. The van der Waals surface area contributed by atoms with E-state index in [4.69, 9.17) is 5.11 Å². The number of cyclic esters (lactones) is 1. The minimum atomic E-state index is -0.882. The summed E-state index contributed by atoms with van der Waals surface area (Å²) in [7, 11) is 0. The van der Waals surface area contributed by atoms with Crippen LogP contribution in [-0.4, -0.2) is 17.4 Å². The molecule has 0 spiro atoms. The molecule has 3 unspecified atom stereocenters. The molecule has 0 saturated carbocycles. The van der Waals surface area contributed by atoms with Crippen molar-refractivity contribution < 1.29 is 14.6 Å². The van der Waals surface area contributed by atoms with E-state index in [1.54, 1.807) is 13.8 Å². The average molecular weight is 160 g/mol. The lowest BCUT2D eigenvalue weighted by Gasteiger charge is -2.05. The molecule has 0 amide bonds. The third kappa shape index (κ3) is 2.19. The molecule has 0 aromatic carbocycles. The Hall–Kier alpha value is -0.570. The Labute approximate surface area is 67.4 Å². The van der Waals surface area contributed by atoms with Crippen LogP contribution in [0, 0.1) is 11.8 Å². The van der Waals surface area contributed by atoms with Gasteiger partial charge in [0.25, 0.3) is 0 Å². The lowest BCUT2D eigenvalue weighted by atomic mass is 9.99. The van der Waals surface area contributed by atoms with E-state index in [1.165, 1.54) is 0 Å². The first-order chi connectivity index (χ1) is 5.13. The molecule has 3 atom stereocenters. The van der Waals surface area contributed by atoms with E-state index >= 15 is 0 Å². The number of hydrogen-bond acceptors (Lipinski definition) is 3. The second-order valence-corrected chi connectivity index (χ2v) is 2.48. The van der Waals surface area contributed by atoms with Crippen molar-refractivity contribution >= 4 is 5.97 Å². The summed E-state index contributed by atoms with van der Waals surface area (Å²) < 4.78 is 4.50. The summed E-state index contributed by atoms with van der Waals surface area (Å²) in [5.41, 5.74) is 0. The summed E-state index contributed by atoms with van der Waals surface area (Å²) in [5.74, 6) is -0.507. The Balaban J connectivity index is 0.000000461. The number of hydrogen-bond donors (Lipinski definition) is 1. The highest BCUT2D eigenvalue weighted by molar-refractivity contribution is 5.74. The molecule has 0 aliphatic carbocycles. The largest absolute Gasteiger partial charge is 0.435 e. The highest BCUT2D eigenvalue weighted by atomic mass is 16.6. The van der Waals surface area contributed by atoms with Crippen molar-refractivity contribution in [1.82, 2.24) is 0 Å². The molecule has 3 nitrogen and oxygen atoms in total. The number of carbonyl (C=O) groups excluding carboxylic acids is 1. The van der Waals surface area contributed by atoms with E-state index < -0.39 is 6.29 Å². The van der Waals surface area contributed by atoms with Gasteiger partial charge in [-0.1, -0.05) is 27.7 Å². The molecule has 66 valence electrons. The normalized spacial score (nSPS) is 35.7. The van der Waals surface area contributed by atoms with Gasteiger partial charge in [-0.15, -0.1) is 0 Å². The van der Waals surface area contributed by atoms with Crippen LogP contribution >= 0.6 is 0 Å². The molecule has 1 N–H and O–H groups in total.